The van der Waals surface area contributed by atoms with E-state index in [1.807, 2.05) is 0 Å². The molecule has 2 atom stereocenters. The van der Waals surface area contributed by atoms with Gasteiger partial charge in [-0.15, -0.1) is 0 Å². The zero-order valence-corrected chi connectivity index (χ0v) is 22.3. The molecule has 2 fully saturated rings. The summed E-state index contributed by atoms with van der Waals surface area (Å²) in [5.74, 6) is -3.42. The average Bonchev–Trinajstić information content (AvgIpc) is 3.09. The maximum Gasteiger partial charge on any atom is 0.410 e. The van der Waals surface area contributed by atoms with Crippen molar-refractivity contribution < 1.29 is 27.4 Å². The summed E-state index contributed by atoms with van der Waals surface area (Å²) in [5, 5.41) is -0.125. The summed E-state index contributed by atoms with van der Waals surface area (Å²) in [6, 6.07) is -1.29. The van der Waals surface area contributed by atoms with Crippen LogP contribution in [-0.2, 0) is 4.74 Å². The van der Waals surface area contributed by atoms with E-state index in [1.54, 1.807) is 32.7 Å². The van der Waals surface area contributed by atoms with E-state index in [2.05, 4.69) is 19.8 Å². The summed E-state index contributed by atoms with van der Waals surface area (Å²) in [7, 11) is 1.58. The van der Waals surface area contributed by atoms with Crippen LogP contribution in [0, 0.1) is 12.4 Å². The summed E-state index contributed by atoms with van der Waals surface area (Å²) in [6.45, 7) is 12.9. The van der Waals surface area contributed by atoms with E-state index in [9.17, 15) is 18.0 Å². The highest BCUT2D eigenvalue weighted by Crippen LogP contribution is 2.33. The summed E-state index contributed by atoms with van der Waals surface area (Å²) >= 11 is 5.90. The molecular weight excluding hydrogens is 527 g/mol. The Balaban J connectivity index is 1.63. The molecule has 0 unspecified atom stereocenters. The lowest BCUT2D eigenvalue weighted by Gasteiger charge is -2.40. The van der Waals surface area contributed by atoms with Gasteiger partial charge in [0.1, 0.15) is 29.6 Å². The Hall–Kier alpha value is -3.11. The zero-order chi connectivity index (χ0) is 27.8. The number of nitrogens with zero attached hydrogens (tertiary/aromatic N) is 7. The van der Waals surface area contributed by atoms with Crippen molar-refractivity contribution in [3.05, 3.63) is 28.6 Å². The number of aromatic nitrogens is 3. The standard InChI is InChI=1S/C24H29ClF3N7O3/c1-23(2,3)38-22(36)35-7-6-34(11-15(35)9-29-4)20-16-10-30-19(25)17(26)18(16)31-21(32-20)37-12-14-8-24(27,28)13-33(14)5/h10,14-15H,6-9,11-13H2,1-3,5H3/t14-,15-/m0/s1. The average molecular weight is 556 g/mol. The van der Waals surface area contributed by atoms with E-state index >= 15 is 0 Å². The molecule has 10 nitrogen and oxygen atoms in total. The zero-order valence-electron chi connectivity index (χ0n) is 21.5. The molecule has 1 amide bonds. The highest BCUT2D eigenvalue weighted by molar-refractivity contribution is 6.30. The van der Waals surface area contributed by atoms with Gasteiger partial charge in [-0.1, -0.05) is 11.6 Å². The summed E-state index contributed by atoms with van der Waals surface area (Å²) < 4.78 is 53.8. The second-order valence-electron chi connectivity index (χ2n) is 10.5. The fraction of sp³-hybridized carbons (Fsp3) is 0.625. The number of carbonyl (C=O) groups excluding carboxylic acids is 1. The first-order valence-corrected chi connectivity index (χ1v) is 12.5. The Morgan fingerprint density at radius 2 is 2.03 bits per heavy atom. The Labute approximate surface area is 223 Å². The first-order chi connectivity index (χ1) is 17.8. The van der Waals surface area contributed by atoms with Crippen LogP contribution in [0.5, 0.6) is 6.01 Å². The maximum atomic E-state index is 15.0. The highest BCUT2D eigenvalue weighted by atomic mass is 35.5. The van der Waals surface area contributed by atoms with Crippen LogP contribution in [0.4, 0.5) is 23.8 Å². The van der Waals surface area contributed by atoms with Crippen LogP contribution < -0.4 is 9.64 Å². The molecule has 4 rings (SSSR count). The van der Waals surface area contributed by atoms with Crippen molar-refractivity contribution in [3.8, 4) is 6.01 Å². The van der Waals surface area contributed by atoms with Gasteiger partial charge >= 0.3 is 12.1 Å². The number of hydrogen-bond donors (Lipinski definition) is 0. The van der Waals surface area contributed by atoms with Crippen molar-refractivity contribution in [2.45, 2.75) is 50.8 Å². The van der Waals surface area contributed by atoms with Gasteiger partial charge in [-0.05, 0) is 27.8 Å². The molecule has 2 saturated heterocycles. The molecular formula is C24H29ClF3N7O3. The van der Waals surface area contributed by atoms with Crippen molar-refractivity contribution in [2.24, 2.45) is 0 Å². The fourth-order valence-corrected chi connectivity index (χ4v) is 4.73. The number of anilines is 1. The molecule has 2 aliphatic rings. The third-order valence-electron chi connectivity index (χ3n) is 6.36. The van der Waals surface area contributed by atoms with Crippen LogP contribution in [-0.4, -0.2) is 101 Å². The van der Waals surface area contributed by atoms with Crippen molar-refractivity contribution in [1.29, 1.82) is 0 Å². The van der Waals surface area contributed by atoms with E-state index in [0.29, 0.717) is 6.54 Å². The number of amides is 1. The molecule has 2 aromatic rings. The van der Waals surface area contributed by atoms with Crippen LogP contribution in [0.25, 0.3) is 15.7 Å². The number of alkyl halides is 2. The maximum absolute atomic E-state index is 15.0. The minimum absolute atomic E-state index is 0.0166. The van der Waals surface area contributed by atoms with Crippen molar-refractivity contribution in [1.82, 2.24) is 24.8 Å². The first kappa shape index (κ1) is 27.9. The number of rotatable bonds is 5. The number of fused-ring (bicyclic) bond motifs is 1. The van der Waals surface area contributed by atoms with Crippen molar-refractivity contribution in [3.63, 3.8) is 0 Å². The molecule has 0 saturated carbocycles. The quantitative estimate of drug-likeness (QED) is 0.406. The number of likely N-dealkylation sites (N-methyl/N-ethyl adjacent to an activating group) is 1. The molecule has 0 spiro atoms. The predicted molar refractivity (Wildman–Crippen MR) is 134 cm³/mol. The molecule has 0 aliphatic carbocycles. The number of pyridine rings is 1. The van der Waals surface area contributed by atoms with Gasteiger partial charge in [-0.3, -0.25) is 9.80 Å². The van der Waals surface area contributed by atoms with Crippen LogP contribution in [0.1, 0.15) is 27.2 Å². The minimum atomic E-state index is -2.82. The van der Waals surface area contributed by atoms with Gasteiger partial charge in [-0.2, -0.15) is 9.97 Å². The van der Waals surface area contributed by atoms with Gasteiger partial charge in [-0.25, -0.2) is 29.5 Å². The summed E-state index contributed by atoms with van der Waals surface area (Å²) in [6.07, 6.45) is 0.438. The molecule has 0 N–H and O–H groups in total. The minimum Gasteiger partial charge on any atom is -0.462 e. The lowest BCUT2D eigenvalue weighted by molar-refractivity contribution is 0.0134. The molecule has 2 aliphatic heterocycles. The van der Waals surface area contributed by atoms with Crippen molar-refractivity contribution >= 4 is 34.4 Å². The highest BCUT2D eigenvalue weighted by Gasteiger charge is 2.43. The number of halogens is 4. The predicted octanol–water partition coefficient (Wildman–Crippen LogP) is 3.88. The van der Waals surface area contributed by atoms with Crippen LogP contribution in [0.15, 0.2) is 6.20 Å². The smallest absolute Gasteiger partial charge is 0.410 e. The van der Waals surface area contributed by atoms with E-state index in [1.165, 1.54) is 16.0 Å². The normalized spacial score (nSPS) is 22.0. The first-order valence-electron chi connectivity index (χ1n) is 12.1. The molecule has 0 bridgehead atoms. The third kappa shape index (κ3) is 6.13. The lowest BCUT2D eigenvalue weighted by atomic mass is 10.1. The van der Waals surface area contributed by atoms with E-state index in [4.69, 9.17) is 27.6 Å². The number of carbonyl (C=O) groups is 1. The Kier molecular flexibility index (Phi) is 7.76. The summed E-state index contributed by atoms with van der Waals surface area (Å²) in [4.78, 5) is 33.6. The second kappa shape index (κ2) is 10.6. The molecule has 4 heterocycles. The Morgan fingerprint density at radius 1 is 1.29 bits per heavy atom. The van der Waals surface area contributed by atoms with E-state index in [-0.39, 0.29) is 67.1 Å². The summed E-state index contributed by atoms with van der Waals surface area (Å²) in [5.41, 5.74) is -0.836. The molecule has 0 aromatic carbocycles. The Bertz CT molecular complexity index is 1250. The largest absolute Gasteiger partial charge is 0.462 e. The number of hydrogen-bond acceptors (Lipinski definition) is 8. The number of likely N-dealkylation sites (tertiary alicyclic amines) is 1. The van der Waals surface area contributed by atoms with Crippen LogP contribution in [0.3, 0.4) is 0 Å². The topological polar surface area (TPSA) is 88.3 Å². The Morgan fingerprint density at radius 3 is 2.66 bits per heavy atom. The molecule has 206 valence electrons. The molecule has 2 aromatic heterocycles. The van der Waals surface area contributed by atoms with Gasteiger partial charge < -0.3 is 19.2 Å². The van der Waals surface area contributed by atoms with E-state index in [0.717, 1.165) is 0 Å². The SMILES string of the molecule is [C-]#[N+]C[C@H]1CN(c2nc(OC[C@@H]3CC(F)(F)CN3C)nc3c(F)c(Cl)ncc23)CCN1C(=O)OC(C)(C)C. The van der Waals surface area contributed by atoms with Gasteiger partial charge in [0.25, 0.3) is 5.92 Å². The van der Waals surface area contributed by atoms with Crippen molar-refractivity contribution in [2.75, 3.05) is 51.3 Å². The second-order valence-corrected chi connectivity index (χ2v) is 10.9. The monoisotopic (exact) mass is 555 g/mol. The lowest BCUT2D eigenvalue weighted by Crippen LogP contribution is -2.57. The molecule has 14 heteroatoms. The van der Waals surface area contributed by atoms with Gasteiger partial charge in [0.2, 0.25) is 6.54 Å². The van der Waals surface area contributed by atoms with E-state index < -0.39 is 35.5 Å². The fourth-order valence-electron chi connectivity index (χ4n) is 4.59. The number of ether oxygens (including phenoxy) is 2. The molecule has 0 radical (unpaired) electrons. The number of piperazine rings is 1. The van der Waals surface area contributed by atoms with Gasteiger partial charge in [0.05, 0.1) is 11.9 Å². The van der Waals surface area contributed by atoms with Crippen LogP contribution in [0.2, 0.25) is 5.15 Å². The van der Waals surface area contributed by atoms with Gasteiger partial charge in [0.15, 0.2) is 11.0 Å². The van der Waals surface area contributed by atoms with Crippen LogP contribution >= 0.6 is 11.6 Å². The molecule has 38 heavy (non-hydrogen) atoms. The third-order valence-corrected chi connectivity index (χ3v) is 6.62. The van der Waals surface area contributed by atoms with Gasteiger partial charge in [0, 0.05) is 38.3 Å².